The molecule has 64 valence electrons. The molecular weight excluding hydrogens is 166 g/mol. The van der Waals surface area contributed by atoms with Gasteiger partial charge in [0.15, 0.2) is 6.29 Å². The zero-order valence-corrected chi connectivity index (χ0v) is 6.08. The Bertz CT molecular complexity index is 321. The maximum Gasteiger partial charge on any atom is 0.272 e. The molecule has 0 radical (unpaired) electrons. The highest BCUT2D eigenvalue weighted by molar-refractivity contribution is 5.71. The Hall–Kier alpha value is -1.26. The molecule has 0 bridgehead atoms. The van der Waals surface area contributed by atoms with Crippen LogP contribution in [-0.2, 0) is 0 Å². The van der Waals surface area contributed by atoms with Crippen LogP contribution in [0.5, 0.6) is 0 Å². The van der Waals surface area contributed by atoms with E-state index in [2.05, 4.69) is 5.10 Å². The number of alkyl halides is 2. The fourth-order valence-electron chi connectivity index (χ4n) is 1.14. The molecule has 1 aliphatic carbocycles. The molecule has 1 heterocycles. The van der Waals surface area contributed by atoms with Crippen LogP contribution in [-0.4, -0.2) is 22.0 Å². The maximum absolute atomic E-state index is 12.5. The molecule has 0 aliphatic heterocycles. The van der Waals surface area contributed by atoms with Gasteiger partial charge in [-0.3, -0.25) is 9.48 Å². The van der Waals surface area contributed by atoms with Gasteiger partial charge in [-0.05, 0) is 6.07 Å². The Morgan fingerprint density at radius 1 is 1.75 bits per heavy atom. The Morgan fingerprint density at radius 2 is 2.42 bits per heavy atom. The molecule has 1 saturated carbocycles. The second-order valence-electron chi connectivity index (χ2n) is 2.80. The van der Waals surface area contributed by atoms with Crippen molar-refractivity contribution in [1.82, 2.24) is 9.78 Å². The molecule has 0 N–H and O–H groups in total. The van der Waals surface area contributed by atoms with Crippen molar-refractivity contribution in [2.75, 3.05) is 0 Å². The number of nitrogens with zero attached hydrogens (tertiary/aromatic N) is 2. The van der Waals surface area contributed by atoms with Crippen LogP contribution in [0.4, 0.5) is 8.78 Å². The van der Waals surface area contributed by atoms with Gasteiger partial charge in [-0.2, -0.15) is 5.10 Å². The van der Waals surface area contributed by atoms with Crippen LogP contribution >= 0.6 is 0 Å². The summed E-state index contributed by atoms with van der Waals surface area (Å²) in [6, 6.07) is 0.509. The lowest BCUT2D eigenvalue weighted by molar-refractivity contribution is 0.0966. The topological polar surface area (TPSA) is 34.9 Å². The first kappa shape index (κ1) is 7.39. The first-order valence-electron chi connectivity index (χ1n) is 3.51. The van der Waals surface area contributed by atoms with Crippen molar-refractivity contribution < 1.29 is 13.6 Å². The minimum absolute atomic E-state index is 0.206. The number of aldehydes is 1. The van der Waals surface area contributed by atoms with Crippen molar-refractivity contribution in [3.05, 3.63) is 18.0 Å². The fraction of sp³-hybridized carbons (Fsp3) is 0.429. The summed E-state index contributed by atoms with van der Waals surface area (Å²) in [5.41, 5.74) is 0.206. The fourth-order valence-corrected chi connectivity index (χ4v) is 1.14. The first-order valence-corrected chi connectivity index (χ1v) is 3.51. The minimum atomic E-state index is -2.68. The monoisotopic (exact) mass is 172 g/mol. The predicted molar refractivity (Wildman–Crippen MR) is 36.2 cm³/mol. The van der Waals surface area contributed by atoms with Crippen LogP contribution in [0.3, 0.4) is 0 Å². The van der Waals surface area contributed by atoms with Crippen LogP contribution in [0.15, 0.2) is 12.3 Å². The van der Waals surface area contributed by atoms with Gasteiger partial charge in [-0.1, -0.05) is 0 Å². The Balaban J connectivity index is 2.30. The molecule has 0 amide bonds. The molecule has 1 unspecified atom stereocenters. The number of carbonyl (C=O) groups excluding carboxylic acids is 1. The van der Waals surface area contributed by atoms with Crippen molar-refractivity contribution in [3.63, 3.8) is 0 Å². The second kappa shape index (κ2) is 2.12. The normalized spacial score (nSPS) is 25.3. The number of halogens is 2. The molecule has 1 fully saturated rings. The lowest BCUT2D eigenvalue weighted by atomic mass is 10.4. The summed E-state index contributed by atoms with van der Waals surface area (Å²) in [6.07, 6.45) is 1.66. The Kier molecular flexibility index (Phi) is 1.31. The number of rotatable bonds is 2. The van der Waals surface area contributed by atoms with Gasteiger partial charge in [0, 0.05) is 12.6 Å². The van der Waals surface area contributed by atoms with Crippen LogP contribution in [0, 0.1) is 0 Å². The van der Waals surface area contributed by atoms with E-state index in [0.717, 1.165) is 4.68 Å². The molecule has 0 aromatic carbocycles. The lowest BCUT2D eigenvalue weighted by Crippen LogP contribution is -2.07. The van der Waals surface area contributed by atoms with Crippen molar-refractivity contribution in [2.24, 2.45) is 0 Å². The minimum Gasteiger partial charge on any atom is -0.296 e. The van der Waals surface area contributed by atoms with Crippen LogP contribution < -0.4 is 0 Å². The van der Waals surface area contributed by atoms with E-state index in [-0.39, 0.29) is 12.1 Å². The molecular formula is C7H6F2N2O. The highest BCUT2D eigenvalue weighted by Gasteiger charge is 2.59. The van der Waals surface area contributed by atoms with Gasteiger partial charge in [0.2, 0.25) is 0 Å². The van der Waals surface area contributed by atoms with Crippen molar-refractivity contribution in [1.29, 1.82) is 0 Å². The number of hydrogen-bond donors (Lipinski definition) is 0. The van der Waals surface area contributed by atoms with E-state index in [9.17, 15) is 13.6 Å². The second-order valence-corrected chi connectivity index (χ2v) is 2.80. The van der Waals surface area contributed by atoms with Crippen LogP contribution in [0.2, 0.25) is 0 Å². The third-order valence-electron chi connectivity index (χ3n) is 1.91. The van der Waals surface area contributed by atoms with Crippen LogP contribution in [0.1, 0.15) is 23.0 Å². The summed E-state index contributed by atoms with van der Waals surface area (Å²) in [7, 11) is 0. The van der Waals surface area contributed by atoms with Gasteiger partial charge in [-0.15, -0.1) is 0 Å². The molecule has 0 saturated heterocycles. The summed E-state index contributed by atoms with van der Waals surface area (Å²) in [5.74, 6) is -2.68. The number of aromatic nitrogens is 2. The SMILES string of the molecule is O=Cc1ccnn1C1CC1(F)F. The van der Waals surface area contributed by atoms with E-state index in [1.165, 1.54) is 12.3 Å². The van der Waals surface area contributed by atoms with Gasteiger partial charge in [0.25, 0.3) is 5.92 Å². The smallest absolute Gasteiger partial charge is 0.272 e. The standard InChI is InChI=1S/C7H6F2N2O/c8-7(9)3-6(7)11-5(4-12)1-2-10-11/h1-2,4,6H,3H2. The van der Waals surface area contributed by atoms with E-state index in [1.807, 2.05) is 0 Å². The average Bonchev–Trinajstić information content (AvgIpc) is 2.51. The van der Waals surface area contributed by atoms with Gasteiger partial charge in [0.1, 0.15) is 11.7 Å². The molecule has 5 heteroatoms. The summed E-state index contributed by atoms with van der Waals surface area (Å²) >= 11 is 0. The highest BCUT2D eigenvalue weighted by Crippen LogP contribution is 2.52. The molecule has 12 heavy (non-hydrogen) atoms. The molecule has 1 aromatic heterocycles. The van der Waals surface area contributed by atoms with Crippen LogP contribution in [0.25, 0.3) is 0 Å². The molecule has 1 aromatic rings. The lowest BCUT2D eigenvalue weighted by Gasteiger charge is -1.99. The quantitative estimate of drug-likeness (QED) is 0.630. The third-order valence-corrected chi connectivity index (χ3v) is 1.91. The largest absolute Gasteiger partial charge is 0.296 e. The molecule has 0 spiro atoms. The van der Waals surface area contributed by atoms with Crippen molar-refractivity contribution >= 4 is 6.29 Å². The van der Waals surface area contributed by atoms with Gasteiger partial charge in [-0.25, -0.2) is 8.78 Å². The van der Waals surface area contributed by atoms with E-state index in [0.29, 0.717) is 6.29 Å². The van der Waals surface area contributed by atoms with Gasteiger partial charge >= 0.3 is 0 Å². The molecule has 1 atom stereocenters. The summed E-state index contributed by atoms with van der Waals surface area (Å²) in [4.78, 5) is 10.3. The summed E-state index contributed by atoms with van der Waals surface area (Å²) in [5, 5.41) is 3.65. The summed E-state index contributed by atoms with van der Waals surface area (Å²) in [6.45, 7) is 0. The highest BCUT2D eigenvalue weighted by atomic mass is 19.3. The van der Waals surface area contributed by atoms with E-state index >= 15 is 0 Å². The third kappa shape index (κ3) is 0.929. The summed E-state index contributed by atoms with van der Waals surface area (Å²) < 4.78 is 26.1. The Labute approximate surface area is 67.0 Å². The molecule has 1 aliphatic rings. The molecule has 2 rings (SSSR count). The van der Waals surface area contributed by atoms with Gasteiger partial charge in [0.05, 0.1) is 0 Å². The van der Waals surface area contributed by atoms with E-state index in [1.54, 1.807) is 0 Å². The zero-order chi connectivity index (χ0) is 8.77. The van der Waals surface area contributed by atoms with Crippen molar-refractivity contribution in [3.8, 4) is 0 Å². The number of hydrogen-bond acceptors (Lipinski definition) is 2. The van der Waals surface area contributed by atoms with E-state index < -0.39 is 12.0 Å². The van der Waals surface area contributed by atoms with Crippen molar-refractivity contribution in [2.45, 2.75) is 18.4 Å². The zero-order valence-electron chi connectivity index (χ0n) is 6.08. The number of carbonyl (C=O) groups is 1. The maximum atomic E-state index is 12.5. The average molecular weight is 172 g/mol. The first-order chi connectivity index (χ1) is 5.65. The molecule has 3 nitrogen and oxygen atoms in total. The predicted octanol–water partition coefficient (Wildman–Crippen LogP) is 1.28. The Morgan fingerprint density at radius 3 is 2.92 bits per heavy atom. The van der Waals surface area contributed by atoms with E-state index in [4.69, 9.17) is 0 Å². The van der Waals surface area contributed by atoms with Gasteiger partial charge < -0.3 is 0 Å².